The highest BCUT2D eigenvalue weighted by molar-refractivity contribution is 6.03. The summed E-state index contributed by atoms with van der Waals surface area (Å²) in [5.74, 6) is -1.93. The molecule has 4 heteroatoms. The second-order valence-corrected chi connectivity index (χ2v) is 3.98. The maximum absolute atomic E-state index is 11.7. The van der Waals surface area contributed by atoms with E-state index in [9.17, 15) is 14.7 Å². The van der Waals surface area contributed by atoms with E-state index < -0.39 is 17.4 Å². The predicted octanol–water partition coefficient (Wildman–Crippen LogP) is 1.50. The van der Waals surface area contributed by atoms with Crippen molar-refractivity contribution in [2.75, 3.05) is 7.11 Å². The minimum absolute atomic E-state index is 0.127. The summed E-state index contributed by atoms with van der Waals surface area (Å²) in [7, 11) is 1.20. The van der Waals surface area contributed by atoms with Crippen LogP contribution in [0.1, 0.15) is 11.1 Å². The van der Waals surface area contributed by atoms with Crippen molar-refractivity contribution in [3.63, 3.8) is 0 Å². The van der Waals surface area contributed by atoms with Gasteiger partial charge in [0.1, 0.15) is 0 Å². The quantitative estimate of drug-likeness (QED) is 0.620. The molecule has 1 aliphatic rings. The van der Waals surface area contributed by atoms with E-state index in [0.717, 1.165) is 11.1 Å². The molecule has 1 aromatic carbocycles. The average molecular weight is 232 g/mol. The molecule has 0 spiro atoms. The van der Waals surface area contributed by atoms with Crippen molar-refractivity contribution >= 4 is 18.0 Å². The van der Waals surface area contributed by atoms with Gasteiger partial charge in [-0.1, -0.05) is 36.4 Å². The first kappa shape index (κ1) is 11.4. The molecule has 1 atom stereocenters. The third-order valence-corrected chi connectivity index (χ3v) is 3.00. The number of fused-ring (bicyclic) bond motifs is 1. The second-order valence-electron chi connectivity index (χ2n) is 3.98. The van der Waals surface area contributed by atoms with Crippen LogP contribution in [-0.2, 0) is 20.7 Å². The van der Waals surface area contributed by atoms with E-state index >= 15 is 0 Å². The summed E-state index contributed by atoms with van der Waals surface area (Å²) in [5, 5.41) is 9.26. The fourth-order valence-electron chi connectivity index (χ4n) is 2.01. The van der Waals surface area contributed by atoms with Crippen LogP contribution >= 0.6 is 0 Å². The lowest BCUT2D eigenvalue weighted by Crippen LogP contribution is -2.41. The van der Waals surface area contributed by atoms with Gasteiger partial charge in [-0.2, -0.15) is 0 Å². The minimum Gasteiger partial charge on any atom is -0.480 e. The van der Waals surface area contributed by atoms with Crippen LogP contribution in [0.4, 0.5) is 0 Å². The van der Waals surface area contributed by atoms with E-state index in [4.69, 9.17) is 0 Å². The standard InChI is InChI=1S/C13H12O4/c1-17-12(16)13(11(14)15)7-6-9-4-2-3-5-10(9)8-13/h2-7H,8H2,1H3,(H,14,15). The highest BCUT2D eigenvalue weighted by atomic mass is 16.5. The molecule has 1 unspecified atom stereocenters. The maximum Gasteiger partial charge on any atom is 0.327 e. The normalized spacial score (nSPS) is 21.7. The van der Waals surface area contributed by atoms with Gasteiger partial charge in [-0.15, -0.1) is 0 Å². The lowest BCUT2D eigenvalue weighted by atomic mass is 9.76. The molecular weight excluding hydrogens is 220 g/mol. The van der Waals surface area contributed by atoms with Crippen molar-refractivity contribution in [1.29, 1.82) is 0 Å². The number of ether oxygens (including phenoxy) is 1. The molecule has 1 aromatic rings. The van der Waals surface area contributed by atoms with Crippen molar-refractivity contribution in [1.82, 2.24) is 0 Å². The molecule has 0 heterocycles. The van der Waals surface area contributed by atoms with Gasteiger partial charge in [-0.05, 0) is 11.1 Å². The SMILES string of the molecule is COC(=O)C1(C(=O)O)C=Cc2ccccc2C1. The fourth-order valence-corrected chi connectivity index (χ4v) is 2.01. The van der Waals surface area contributed by atoms with Gasteiger partial charge in [-0.25, -0.2) is 0 Å². The van der Waals surface area contributed by atoms with Crippen LogP contribution in [0.3, 0.4) is 0 Å². The zero-order chi connectivity index (χ0) is 12.5. The molecule has 2 rings (SSSR count). The molecule has 0 saturated heterocycles. The molecule has 0 aromatic heterocycles. The lowest BCUT2D eigenvalue weighted by molar-refractivity contribution is -0.162. The predicted molar refractivity (Wildman–Crippen MR) is 61.3 cm³/mol. The number of esters is 1. The zero-order valence-electron chi connectivity index (χ0n) is 9.34. The molecule has 0 radical (unpaired) electrons. The number of carbonyl (C=O) groups excluding carboxylic acids is 1. The maximum atomic E-state index is 11.7. The summed E-state index contributed by atoms with van der Waals surface area (Å²) in [6.07, 6.45) is 3.19. The van der Waals surface area contributed by atoms with Gasteiger partial charge in [0.25, 0.3) is 0 Å². The summed E-state index contributed by atoms with van der Waals surface area (Å²) in [4.78, 5) is 23.0. The van der Waals surface area contributed by atoms with Crippen LogP contribution in [0.25, 0.3) is 6.08 Å². The van der Waals surface area contributed by atoms with Gasteiger partial charge in [0.2, 0.25) is 0 Å². The number of hydrogen-bond donors (Lipinski definition) is 1. The number of aliphatic carboxylic acids is 1. The second kappa shape index (κ2) is 4.05. The molecule has 0 bridgehead atoms. The summed E-state index contributed by atoms with van der Waals surface area (Å²) in [6.45, 7) is 0. The highest BCUT2D eigenvalue weighted by Gasteiger charge is 2.46. The Morgan fingerprint density at radius 1 is 1.35 bits per heavy atom. The van der Waals surface area contributed by atoms with Crippen LogP contribution in [-0.4, -0.2) is 24.2 Å². The number of carboxylic acids is 1. The van der Waals surface area contributed by atoms with Crippen molar-refractivity contribution < 1.29 is 19.4 Å². The van der Waals surface area contributed by atoms with E-state index in [2.05, 4.69) is 4.74 Å². The van der Waals surface area contributed by atoms with Crippen LogP contribution in [0, 0.1) is 5.41 Å². The van der Waals surface area contributed by atoms with Crippen LogP contribution in [0.5, 0.6) is 0 Å². The van der Waals surface area contributed by atoms with Gasteiger partial charge in [0, 0.05) is 6.42 Å². The van der Waals surface area contributed by atoms with Gasteiger partial charge in [0.15, 0.2) is 5.41 Å². The lowest BCUT2D eigenvalue weighted by Gasteiger charge is -2.27. The number of carbonyl (C=O) groups is 2. The molecule has 0 amide bonds. The Bertz CT molecular complexity index is 504. The number of carboxylic acid groups (broad SMARTS) is 1. The molecular formula is C13H12O4. The monoisotopic (exact) mass is 232 g/mol. The number of methoxy groups -OCH3 is 1. The Balaban J connectivity index is 2.49. The third-order valence-electron chi connectivity index (χ3n) is 3.00. The van der Waals surface area contributed by atoms with Gasteiger partial charge < -0.3 is 9.84 Å². The topological polar surface area (TPSA) is 63.6 Å². The molecule has 88 valence electrons. The average Bonchev–Trinajstić information content (AvgIpc) is 2.36. The third kappa shape index (κ3) is 1.71. The Kier molecular flexibility index (Phi) is 2.71. The summed E-state index contributed by atoms with van der Waals surface area (Å²) < 4.78 is 4.60. The number of hydrogen-bond acceptors (Lipinski definition) is 3. The van der Waals surface area contributed by atoms with Gasteiger partial charge in [-0.3, -0.25) is 9.59 Å². The van der Waals surface area contributed by atoms with E-state index in [1.165, 1.54) is 13.2 Å². The first-order valence-electron chi connectivity index (χ1n) is 5.19. The molecule has 1 aliphatic carbocycles. The molecule has 4 nitrogen and oxygen atoms in total. The van der Waals surface area contributed by atoms with E-state index in [1.807, 2.05) is 24.3 Å². The first-order chi connectivity index (χ1) is 8.10. The summed E-state index contributed by atoms with van der Waals surface area (Å²) in [6, 6.07) is 7.39. The molecule has 0 aliphatic heterocycles. The highest BCUT2D eigenvalue weighted by Crippen LogP contribution is 2.34. The Labute approximate surface area is 98.5 Å². The van der Waals surface area contributed by atoms with E-state index in [-0.39, 0.29) is 6.42 Å². The van der Waals surface area contributed by atoms with E-state index in [0.29, 0.717) is 0 Å². The van der Waals surface area contributed by atoms with Crippen molar-refractivity contribution in [3.8, 4) is 0 Å². The van der Waals surface area contributed by atoms with Gasteiger partial charge in [0.05, 0.1) is 7.11 Å². The van der Waals surface area contributed by atoms with Crippen LogP contribution in [0.2, 0.25) is 0 Å². The van der Waals surface area contributed by atoms with E-state index in [1.54, 1.807) is 6.08 Å². The number of benzene rings is 1. The number of rotatable bonds is 2. The molecule has 0 fully saturated rings. The largest absolute Gasteiger partial charge is 0.480 e. The summed E-state index contributed by atoms with van der Waals surface area (Å²) in [5.41, 5.74) is 0.180. The first-order valence-corrected chi connectivity index (χ1v) is 5.19. The van der Waals surface area contributed by atoms with Crippen molar-refractivity contribution in [2.24, 2.45) is 5.41 Å². The zero-order valence-corrected chi connectivity index (χ0v) is 9.34. The Morgan fingerprint density at radius 3 is 2.71 bits per heavy atom. The Morgan fingerprint density at radius 2 is 2.06 bits per heavy atom. The van der Waals surface area contributed by atoms with Crippen molar-refractivity contribution in [2.45, 2.75) is 6.42 Å². The fraction of sp³-hybridized carbons (Fsp3) is 0.231. The molecule has 1 N–H and O–H groups in total. The summed E-state index contributed by atoms with van der Waals surface area (Å²) >= 11 is 0. The molecule has 0 saturated carbocycles. The minimum atomic E-state index is -1.59. The Hall–Kier alpha value is -2.10. The van der Waals surface area contributed by atoms with Crippen LogP contribution < -0.4 is 0 Å². The van der Waals surface area contributed by atoms with Gasteiger partial charge >= 0.3 is 11.9 Å². The van der Waals surface area contributed by atoms with Crippen LogP contribution in [0.15, 0.2) is 30.3 Å². The van der Waals surface area contributed by atoms with Crippen molar-refractivity contribution in [3.05, 3.63) is 41.5 Å². The molecule has 17 heavy (non-hydrogen) atoms. The smallest absolute Gasteiger partial charge is 0.327 e.